The number of carbonyl (C=O) groups excluding carboxylic acids is 2. The Morgan fingerprint density at radius 1 is 1.47 bits per heavy atom. The van der Waals surface area contributed by atoms with E-state index in [1.807, 2.05) is 0 Å². The number of nitrogens with one attached hydrogen (secondary N) is 1. The Bertz CT molecular complexity index is 440. The zero-order valence-electron chi connectivity index (χ0n) is 9.13. The predicted octanol–water partition coefficient (Wildman–Crippen LogP) is -0.551. The molecule has 0 aromatic carbocycles. The Labute approximate surface area is 97.2 Å². The van der Waals surface area contributed by atoms with Gasteiger partial charge in [-0.3, -0.25) is 19.8 Å². The highest BCUT2D eigenvalue weighted by molar-refractivity contribution is 6.06. The van der Waals surface area contributed by atoms with Gasteiger partial charge in [0.05, 0.1) is 19.0 Å². The summed E-state index contributed by atoms with van der Waals surface area (Å²) in [4.78, 5) is 28.8. The van der Waals surface area contributed by atoms with Crippen LogP contribution in [0.5, 0.6) is 0 Å². The van der Waals surface area contributed by atoms with Gasteiger partial charge in [-0.1, -0.05) is 5.16 Å². The van der Waals surface area contributed by atoms with E-state index in [4.69, 9.17) is 0 Å². The maximum atomic E-state index is 11.9. The predicted molar refractivity (Wildman–Crippen MR) is 54.4 cm³/mol. The van der Waals surface area contributed by atoms with Crippen molar-refractivity contribution in [3.05, 3.63) is 12.2 Å². The van der Waals surface area contributed by atoms with E-state index in [0.29, 0.717) is 12.4 Å². The molecule has 1 saturated heterocycles. The van der Waals surface area contributed by atoms with Crippen molar-refractivity contribution in [1.82, 2.24) is 20.4 Å². The molecule has 1 aliphatic heterocycles. The number of hydrogen-bond acceptors (Lipinski definition) is 6. The minimum Gasteiger partial charge on any atom is -0.343 e. The molecule has 1 saturated carbocycles. The molecule has 90 valence electrons. The van der Waals surface area contributed by atoms with Gasteiger partial charge in [-0.15, -0.1) is 0 Å². The van der Waals surface area contributed by atoms with E-state index in [-0.39, 0.29) is 24.3 Å². The minimum absolute atomic E-state index is 0.0805. The third-order valence-corrected chi connectivity index (χ3v) is 3.01. The standard InChI is InChI=1S/C10H12N4O3/c15-9-3-7(10(16)14(9)6-1-2-6)11-4-8-12-5-17-13-8/h5-7,11H,1-4H2. The number of hydrogen-bond donors (Lipinski definition) is 1. The number of nitrogens with zero attached hydrogens (tertiary/aromatic N) is 3. The van der Waals surface area contributed by atoms with Crippen LogP contribution in [0.1, 0.15) is 25.1 Å². The first-order valence-corrected chi connectivity index (χ1v) is 5.60. The average molecular weight is 236 g/mol. The zero-order chi connectivity index (χ0) is 11.8. The Morgan fingerprint density at radius 3 is 2.94 bits per heavy atom. The van der Waals surface area contributed by atoms with Crippen molar-refractivity contribution in [2.75, 3.05) is 0 Å². The van der Waals surface area contributed by atoms with E-state index >= 15 is 0 Å². The topological polar surface area (TPSA) is 88.3 Å². The molecule has 3 rings (SSSR count). The van der Waals surface area contributed by atoms with Gasteiger partial charge in [0.15, 0.2) is 5.82 Å². The number of imide groups is 1. The lowest BCUT2D eigenvalue weighted by molar-refractivity contribution is -0.139. The Morgan fingerprint density at radius 2 is 2.29 bits per heavy atom. The molecular weight excluding hydrogens is 224 g/mol. The molecule has 2 fully saturated rings. The van der Waals surface area contributed by atoms with Gasteiger partial charge in [0.1, 0.15) is 0 Å². The first-order chi connectivity index (χ1) is 8.25. The van der Waals surface area contributed by atoms with Crippen LogP contribution in [0.3, 0.4) is 0 Å². The smallest absolute Gasteiger partial charge is 0.247 e. The lowest BCUT2D eigenvalue weighted by Gasteiger charge is -2.13. The van der Waals surface area contributed by atoms with Crippen molar-refractivity contribution in [3.63, 3.8) is 0 Å². The summed E-state index contributed by atoms with van der Waals surface area (Å²) >= 11 is 0. The highest BCUT2D eigenvalue weighted by Crippen LogP contribution is 2.31. The van der Waals surface area contributed by atoms with Gasteiger partial charge in [-0.25, -0.2) is 0 Å². The summed E-state index contributed by atoms with van der Waals surface area (Å²) in [7, 11) is 0. The van der Waals surface area contributed by atoms with Crippen LogP contribution in [0, 0.1) is 0 Å². The summed E-state index contributed by atoms with van der Waals surface area (Å²) in [6.07, 6.45) is 3.34. The molecule has 2 heterocycles. The summed E-state index contributed by atoms with van der Waals surface area (Å²) in [5, 5.41) is 6.61. The third kappa shape index (κ3) is 1.93. The second-order valence-electron chi connectivity index (χ2n) is 4.32. The van der Waals surface area contributed by atoms with Gasteiger partial charge in [0.2, 0.25) is 18.2 Å². The molecule has 0 spiro atoms. The summed E-state index contributed by atoms with van der Waals surface area (Å²) in [6, 6.07) is -0.298. The van der Waals surface area contributed by atoms with Crippen molar-refractivity contribution >= 4 is 11.8 Å². The molecule has 7 heteroatoms. The molecule has 0 radical (unpaired) electrons. The molecule has 1 atom stereocenters. The summed E-state index contributed by atoms with van der Waals surface area (Å²) in [5.41, 5.74) is 0. The number of amides is 2. The fraction of sp³-hybridized carbons (Fsp3) is 0.600. The summed E-state index contributed by atoms with van der Waals surface area (Å²) < 4.78 is 4.58. The second kappa shape index (κ2) is 3.92. The Balaban J connectivity index is 1.61. The molecule has 1 aliphatic carbocycles. The zero-order valence-corrected chi connectivity index (χ0v) is 9.13. The quantitative estimate of drug-likeness (QED) is 0.705. The lowest BCUT2D eigenvalue weighted by atomic mass is 10.2. The first kappa shape index (κ1) is 10.4. The molecule has 17 heavy (non-hydrogen) atoms. The third-order valence-electron chi connectivity index (χ3n) is 3.01. The van der Waals surface area contributed by atoms with Crippen molar-refractivity contribution < 1.29 is 14.1 Å². The van der Waals surface area contributed by atoms with Gasteiger partial charge in [-0.05, 0) is 12.8 Å². The molecule has 2 amide bonds. The van der Waals surface area contributed by atoms with Crippen molar-refractivity contribution in [3.8, 4) is 0 Å². The van der Waals surface area contributed by atoms with Crippen LogP contribution in [0.15, 0.2) is 10.9 Å². The molecule has 1 N–H and O–H groups in total. The number of carbonyl (C=O) groups is 2. The monoisotopic (exact) mass is 236 g/mol. The minimum atomic E-state index is -0.443. The molecular formula is C10H12N4O3. The van der Waals surface area contributed by atoms with Crippen LogP contribution in [-0.2, 0) is 16.1 Å². The highest BCUT2D eigenvalue weighted by atomic mass is 16.5. The first-order valence-electron chi connectivity index (χ1n) is 5.60. The van der Waals surface area contributed by atoms with Gasteiger partial charge < -0.3 is 4.52 Å². The molecule has 0 bridgehead atoms. The number of rotatable bonds is 4. The fourth-order valence-electron chi connectivity index (χ4n) is 2.01. The van der Waals surface area contributed by atoms with Crippen LogP contribution in [0.2, 0.25) is 0 Å². The molecule has 1 unspecified atom stereocenters. The second-order valence-corrected chi connectivity index (χ2v) is 4.32. The normalized spacial score (nSPS) is 24.7. The fourth-order valence-corrected chi connectivity index (χ4v) is 2.01. The van der Waals surface area contributed by atoms with Crippen molar-refractivity contribution in [2.45, 2.75) is 37.9 Å². The largest absolute Gasteiger partial charge is 0.343 e. The van der Waals surface area contributed by atoms with Gasteiger partial charge in [0, 0.05) is 6.04 Å². The van der Waals surface area contributed by atoms with E-state index in [9.17, 15) is 9.59 Å². The lowest BCUT2D eigenvalue weighted by Crippen LogP contribution is -2.39. The summed E-state index contributed by atoms with van der Waals surface area (Å²) in [6.45, 7) is 0.332. The van der Waals surface area contributed by atoms with Crippen LogP contribution in [0.25, 0.3) is 0 Å². The Kier molecular flexibility index (Phi) is 2.40. The van der Waals surface area contributed by atoms with E-state index in [1.54, 1.807) is 0 Å². The van der Waals surface area contributed by atoms with E-state index in [1.165, 1.54) is 11.3 Å². The van der Waals surface area contributed by atoms with E-state index < -0.39 is 6.04 Å². The number of likely N-dealkylation sites (tertiary alicyclic amines) is 1. The number of aromatic nitrogens is 2. The van der Waals surface area contributed by atoms with E-state index in [0.717, 1.165) is 12.8 Å². The van der Waals surface area contributed by atoms with Crippen LogP contribution >= 0.6 is 0 Å². The average Bonchev–Trinajstić information content (AvgIpc) is 2.90. The van der Waals surface area contributed by atoms with Crippen LogP contribution in [0.4, 0.5) is 0 Å². The molecule has 1 aromatic rings. The van der Waals surface area contributed by atoms with Crippen LogP contribution in [-0.4, -0.2) is 38.9 Å². The van der Waals surface area contributed by atoms with Crippen LogP contribution < -0.4 is 5.32 Å². The van der Waals surface area contributed by atoms with Crippen molar-refractivity contribution in [2.24, 2.45) is 0 Å². The van der Waals surface area contributed by atoms with Gasteiger partial charge in [-0.2, -0.15) is 4.98 Å². The highest BCUT2D eigenvalue weighted by Gasteiger charge is 2.45. The molecule has 1 aromatic heterocycles. The maximum absolute atomic E-state index is 11.9. The Hall–Kier alpha value is -1.76. The maximum Gasteiger partial charge on any atom is 0.247 e. The van der Waals surface area contributed by atoms with Gasteiger partial charge in [0.25, 0.3) is 0 Å². The van der Waals surface area contributed by atoms with E-state index in [2.05, 4.69) is 20.0 Å². The summed E-state index contributed by atoms with van der Waals surface area (Å²) in [5.74, 6) is 0.277. The molecule has 7 nitrogen and oxygen atoms in total. The molecule has 2 aliphatic rings. The SMILES string of the molecule is O=C1CC(NCc2ncon2)C(=O)N1C1CC1. The van der Waals surface area contributed by atoms with Gasteiger partial charge >= 0.3 is 0 Å². The van der Waals surface area contributed by atoms with Crippen molar-refractivity contribution in [1.29, 1.82) is 0 Å².